The first-order valence-electron chi connectivity index (χ1n) is 8.11. The highest BCUT2D eigenvalue weighted by atomic mass is 19.1. The van der Waals surface area contributed by atoms with Crippen molar-refractivity contribution in [1.82, 2.24) is 4.90 Å². The van der Waals surface area contributed by atoms with Gasteiger partial charge in [-0.3, -0.25) is 19.3 Å². The van der Waals surface area contributed by atoms with Crippen LogP contribution in [0.1, 0.15) is 32.7 Å². The molecule has 1 N–H and O–H groups in total. The molecule has 0 aliphatic carbocycles. The molecule has 6 nitrogen and oxygen atoms in total. The number of imide groups is 1. The molecule has 0 saturated carbocycles. The van der Waals surface area contributed by atoms with Crippen LogP contribution in [0.15, 0.2) is 30.3 Å². The fourth-order valence-corrected chi connectivity index (χ4v) is 2.87. The average molecular weight is 374 g/mol. The van der Waals surface area contributed by atoms with Crippen molar-refractivity contribution in [3.63, 3.8) is 0 Å². The Morgan fingerprint density at radius 1 is 1.07 bits per heavy atom. The van der Waals surface area contributed by atoms with Crippen LogP contribution >= 0.6 is 0 Å². The molecule has 8 heteroatoms. The van der Waals surface area contributed by atoms with E-state index in [1.807, 2.05) is 0 Å². The second kappa shape index (κ2) is 7.14. The van der Waals surface area contributed by atoms with Crippen molar-refractivity contribution in [3.8, 4) is 5.75 Å². The number of hydrogen-bond acceptors (Lipinski definition) is 4. The summed E-state index contributed by atoms with van der Waals surface area (Å²) in [6.07, 6.45) is -0.209. The summed E-state index contributed by atoms with van der Waals surface area (Å²) in [5, 5.41) is 2.34. The molecule has 2 aromatic carbocycles. The molecular weight excluding hydrogens is 358 g/mol. The molecule has 1 aliphatic rings. The van der Waals surface area contributed by atoms with Gasteiger partial charge in [-0.15, -0.1) is 0 Å². The Bertz CT molecular complexity index is 936. The van der Waals surface area contributed by atoms with E-state index in [-0.39, 0.29) is 18.7 Å². The predicted octanol–water partition coefficient (Wildman–Crippen LogP) is 2.91. The maximum Gasteiger partial charge on any atom is 0.261 e. The Morgan fingerprint density at radius 2 is 1.70 bits per heavy atom. The van der Waals surface area contributed by atoms with Gasteiger partial charge in [0.1, 0.15) is 0 Å². The summed E-state index contributed by atoms with van der Waals surface area (Å²) in [5.74, 6) is -3.98. The molecule has 0 spiro atoms. The number of carbonyl (C=O) groups excluding carboxylic acids is 3. The first-order valence-corrected chi connectivity index (χ1v) is 8.11. The Hall–Kier alpha value is -3.29. The second-order valence-corrected chi connectivity index (χ2v) is 6.08. The first-order chi connectivity index (χ1) is 12.8. The number of nitrogens with zero attached hydrogens (tertiary/aromatic N) is 1. The van der Waals surface area contributed by atoms with Crippen molar-refractivity contribution in [3.05, 3.63) is 58.7 Å². The summed E-state index contributed by atoms with van der Waals surface area (Å²) < 4.78 is 31.9. The van der Waals surface area contributed by atoms with Crippen molar-refractivity contribution in [2.24, 2.45) is 0 Å². The predicted molar refractivity (Wildman–Crippen MR) is 92.7 cm³/mol. The third-order valence-electron chi connectivity index (χ3n) is 4.17. The molecule has 0 radical (unpaired) electrons. The van der Waals surface area contributed by atoms with Gasteiger partial charge in [0.2, 0.25) is 5.91 Å². The highest BCUT2D eigenvalue weighted by Gasteiger charge is 2.35. The van der Waals surface area contributed by atoms with E-state index in [9.17, 15) is 23.2 Å². The summed E-state index contributed by atoms with van der Waals surface area (Å²) >= 11 is 0. The number of amides is 3. The molecule has 0 unspecified atom stereocenters. The summed E-state index contributed by atoms with van der Waals surface area (Å²) in [7, 11) is 1.13. The van der Waals surface area contributed by atoms with Crippen LogP contribution in [0.3, 0.4) is 0 Å². The van der Waals surface area contributed by atoms with E-state index in [0.717, 1.165) is 29.7 Å². The quantitative estimate of drug-likeness (QED) is 0.817. The number of anilines is 1. The molecule has 0 atom stereocenters. The van der Waals surface area contributed by atoms with E-state index in [1.54, 1.807) is 25.1 Å². The number of hydrogen-bond donors (Lipinski definition) is 1. The molecule has 140 valence electrons. The van der Waals surface area contributed by atoms with E-state index >= 15 is 0 Å². The molecule has 2 aromatic rings. The summed E-state index contributed by atoms with van der Waals surface area (Å²) in [6.45, 7) is 1.67. The van der Waals surface area contributed by atoms with E-state index in [2.05, 4.69) is 10.1 Å². The van der Waals surface area contributed by atoms with Crippen molar-refractivity contribution in [2.45, 2.75) is 13.3 Å². The number of halogens is 2. The van der Waals surface area contributed by atoms with Gasteiger partial charge < -0.3 is 10.1 Å². The molecule has 0 fully saturated rings. The third-order valence-corrected chi connectivity index (χ3v) is 4.17. The first kappa shape index (κ1) is 18.5. The van der Waals surface area contributed by atoms with E-state index in [1.165, 1.54) is 0 Å². The van der Waals surface area contributed by atoms with Gasteiger partial charge in [-0.1, -0.05) is 11.6 Å². The average Bonchev–Trinajstić information content (AvgIpc) is 2.83. The molecule has 27 heavy (non-hydrogen) atoms. The van der Waals surface area contributed by atoms with Crippen molar-refractivity contribution in [2.75, 3.05) is 19.0 Å². The number of fused-ring (bicyclic) bond motifs is 1. The van der Waals surface area contributed by atoms with Gasteiger partial charge in [0.25, 0.3) is 11.8 Å². The Kier molecular flexibility index (Phi) is 4.89. The standard InChI is InChI=1S/C19H16F2N2O4/c1-10-3-4-12-13(7-10)19(26)23(18(12)25)6-5-16(24)22-11-8-14(20)17(27-2)15(21)9-11/h3-4,7-9H,5-6H2,1-2H3,(H,22,24). The monoisotopic (exact) mass is 374 g/mol. The van der Waals surface area contributed by atoms with Crippen molar-refractivity contribution in [1.29, 1.82) is 0 Å². The largest absolute Gasteiger partial charge is 0.491 e. The third kappa shape index (κ3) is 3.51. The van der Waals surface area contributed by atoms with Gasteiger partial charge in [0.05, 0.1) is 18.2 Å². The van der Waals surface area contributed by atoms with Crippen LogP contribution < -0.4 is 10.1 Å². The highest BCUT2D eigenvalue weighted by molar-refractivity contribution is 6.21. The SMILES string of the molecule is COc1c(F)cc(NC(=O)CCN2C(=O)c3ccc(C)cc3C2=O)cc1F. The summed E-state index contributed by atoms with van der Waals surface area (Å²) in [4.78, 5) is 37.7. The van der Waals surface area contributed by atoms with E-state index in [4.69, 9.17) is 0 Å². The number of ether oxygens (including phenoxy) is 1. The number of aryl methyl sites for hydroxylation is 1. The highest BCUT2D eigenvalue weighted by Crippen LogP contribution is 2.26. The van der Waals surface area contributed by atoms with Crippen LogP contribution in [-0.4, -0.2) is 36.3 Å². The van der Waals surface area contributed by atoms with Gasteiger partial charge in [0.15, 0.2) is 17.4 Å². The van der Waals surface area contributed by atoms with Gasteiger partial charge in [0, 0.05) is 30.8 Å². The molecule has 0 aromatic heterocycles. The fraction of sp³-hybridized carbons (Fsp3) is 0.211. The van der Waals surface area contributed by atoms with Gasteiger partial charge in [-0.2, -0.15) is 0 Å². The lowest BCUT2D eigenvalue weighted by molar-refractivity contribution is -0.116. The lowest BCUT2D eigenvalue weighted by atomic mass is 10.1. The zero-order valence-electron chi connectivity index (χ0n) is 14.6. The van der Waals surface area contributed by atoms with Gasteiger partial charge >= 0.3 is 0 Å². The summed E-state index contributed by atoms with van der Waals surface area (Å²) in [6, 6.07) is 6.77. The molecule has 1 aliphatic heterocycles. The van der Waals surface area contributed by atoms with Crippen LogP contribution in [-0.2, 0) is 4.79 Å². The maximum atomic E-state index is 13.7. The maximum absolute atomic E-state index is 13.7. The minimum Gasteiger partial charge on any atom is -0.491 e. The number of methoxy groups -OCH3 is 1. The number of benzene rings is 2. The zero-order valence-corrected chi connectivity index (χ0v) is 14.6. The zero-order chi connectivity index (χ0) is 19.7. The Balaban J connectivity index is 1.65. The van der Waals surface area contributed by atoms with Crippen LogP contribution in [0.4, 0.5) is 14.5 Å². The number of carbonyl (C=O) groups is 3. The normalized spacial score (nSPS) is 13.0. The molecule has 3 amide bonds. The molecular formula is C19H16F2N2O4. The minimum atomic E-state index is -0.955. The van der Waals surface area contributed by atoms with Gasteiger partial charge in [-0.05, 0) is 19.1 Å². The lowest BCUT2D eigenvalue weighted by Crippen LogP contribution is -2.32. The minimum absolute atomic E-state index is 0.0891. The van der Waals surface area contributed by atoms with Crippen LogP contribution in [0.2, 0.25) is 0 Å². The number of nitrogens with one attached hydrogen (secondary N) is 1. The molecule has 0 saturated heterocycles. The van der Waals surface area contributed by atoms with Crippen LogP contribution in [0.25, 0.3) is 0 Å². The second-order valence-electron chi connectivity index (χ2n) is 6.08. The Morgan fingerprint density at radius 3 is 2.33 bits per heavy atom. The fourth-order valence-electron chi connectivity index (χ4n) is 2.87. The van der Waals surface area contributed by atoms with Crippen molar-refractivity contribution >= 4 is 23.4 Å². The van der Waals surface area contributed by atoms with E-state index < -0.39 is 35.1 Å². The molecule has 0 bridgehead atoms. The van der Waals surface area contributed by atoms with Crippen LogP contribution in [0, 0.1) is 18.6 Å². The molecule has 1 heterocycles. The molecule has 3 rings (SSSR count). The number of rotatable bonds is 5. The Labute approximate surface area is 153 Å². The topological polar surface area (TPSA) is 75.7 Å². The van der Waals surface area contributed by atoms with E-state index in [0.29, 0.717) is 11.1 Å². The summed E-state index contributed by atoms with van der Waals surface area (Å²) in [5.41, 5.74) is 1.36. The van der Waals surface area contributed by atoms with Crippen LogP contribution in [0.5, 0.6) is 5.75 Å². The lowest BCUT2D eigenvalue weighted by Gasteiger charge is -2.14. The van der Waals surface area contributed by atoms with Crippen molar-refractivity contribution < 1.29 is 27.9 Å². The van der Waals surface area contributed by atoms with Gasteiger partial charge in [-0.25, -0.2) is 8.78 Å². The smallest absolute Gasteiger partial charge is 0.261 e.